The fourth-order valence-corrected chi connectivity index (χ4v) is 2.82. The average Bonchev–Trinajstić information content (AvgIpc) is 2.46. The predicted molar refractivity (Wildman–Crippen MR) is 84.1 cm³/mol. The Balaban J connectivity index is 1.73. The number of carbonyl (C=O) groups is 1. The number of ether oxygens (including phenoxy) is 1. The van der Waals surface area contributed by atoms with E-state index in [9.17, 15) is 4.79 Å². The summed E-state index contributed by atoms with van der Waals surface area (Å²) >= 11 is 3.38. The number of ketones is 1. The molecular weight excluding hydrogens is 318 g/mol. The molecule has 20 heavy (non-hydrogen) atoms. The molecule has 0 bridgehead atoms. The number of hydrogen-bond donors (Lipinski definition) is 0. The first kappa shape index (κ1) is 15.7. The van der Waals surface area contributed by atoms with Crippen LogP contribution in [0.2, 0.25) is 0 Å². The molecule has 3 nitrogen and oxygen atoms in total. The Morgan fingerprint density at radius 1 is 1.40 bits per heavy atom. The zero-order valence-corrected chi connectivity index (χ0v) is 13.6. The second-order valence-electron chi connectivity index (χ2n) is 5.53. The van der Waals surface area contributed by atoms with Gasteiger partial charge < -0.3 is 9.64 Å². The zero-order chi connectivity index (χ0) is 14.4. The van der Waals surface area contributed by atoms with Gasteiger partial charge in [0.25, 0.3) is 0 Å². The molecule has 0 aliphatic carbocycles. The first-order valence-electron chi connectivity index (χ1n) is 7.20. The maximum Gasteiger partial charge on any atom is 0.164 e. The zero-order valence-electron chi connectivity index (χ0n) is 12.0. The summed E-state index contributed by atoms with van der Waals surface area (Å²) in [6, 6.07) is 7.58. The molecule has 0 saturated carbocycles. The number of carbonyl (C=O) groups excluding carboxylic acids is 1. The van der Waals surface area contributed by atoms with Gasteiger partial charge in [-0.1, -0.05) is 28.1 Å². The van der Waals surface area contributed by atoms with Crippen molar-refractivity contribution < 1.29 is 9.53 Å². The number of halogens is 1. The third kappa shape index (κ3) is 5.00. The molecule has 0 amide bonds. The SMILES string of the molecule is CN(CCC(=O)c1ccc(Br)cc1)CC1CCCOC1. The Morgan fingerprint density at radius 2 is 2.15 bits per heavy atom. The number of benzene rings is 1. The minimum Gasteiger partial charge on any atom is -0.381 e. The van der Waals surface area contributed by atoms with Crippen molar-refractivity contribution in [3.63, 3.8) is 0 Å². The number of hydrogen-bond acceptors (Lipinski definition) is 3. The number of Topliss-reactive ketones (excluding diaryl/α,β-unsaturated/α-hetero) is 1. The maximum absolute atomic E-state index is 12.1. The van der Waals surface area contributed by atoms with Gasteiger partial charge in [0.15, 0.2) is 5.78 Å². The number of rotatable bonds is 6. The smallest absolute Gasteiger partial charge is 0.164 e. The third-order valence-electron chi connectivity index (χ3n) is 3.71. The van der Waals surface area contributed by atoms with Crippen LogP contribution < -0.4 is 0 Å². The summed E-state index contributed by atoms with van der Waals surface area (Å²) in [4.78, 5) is 14.3. The monoisotopic (exact) mass is 339 g/mol. The lowest BCUT2D eigenvalue weighted by molar-refractivity contribution is 0.0418. The number of nitrogens with zero attached hydrogens (tertiary/aromatic N) is 1. The minimum absolute atomic E-state index is 0.212. The van der Waals surface area contributed by atoms with Gasteiger partial charge in [0.1, 0.15) is 0 Å². The first-order valence-corrected chi connectivity index (χ1v) is 7.99. The van der Waals surface area contributed by atoms with Gasteiger partial charge in [0, 0.05) is 36.2 Å². The Hall–Kier alpha value is -0.710. The second-order valence-corrected chi connectivity index (χ2v) is 6.44. The summed E-state index contributed by atoms with van der Waals surface area (Å²) in [5, 5.41) is 0. The molecule has 1 aliphatic rings. The fourth-order valence-electron chi connectivity index (χ4n) is 2.56. The van der Waals surface area contributed by atoms with E-state index < -0.39 is 0 Å². The van der Waals surface area contributed by atoms with Crippen LogP contribution in [0, 0.1) is 5.92 Å². The molecule has 4 heteroatoms. The second kappa shape index (κ2) is 7.91. The average molecular weight is 340 g/mol. The Morgan fingerprint density at radius 3 is 2.80 bits per heavy atom. The van der Waals surface area contributed by atoms with Crippen LogP contribution >= 0.6 is 15.9 Å². The summed E-state index contributed by atoms with van der Waals surface area (Å²) in [6.45, 7) is 3.60. The molecule has 1 saturated heterocycles. The predicted octanol–water partition coefficient (Wildman–Crippen LogP) is 3.38. The first-order chi connectivity index (χ1) is 9.65. The van der Waals surface area contributed by atoms with Gasteiger partial charge in [0.05, 0.1) is 6.61 Å². The van der Waals surface area contributed by atoms with Gasteiger partial charge in [-0.3, -0.25) is 4.79 Å². The van der Waals surface area contributed by atoms with E-state index >= 15 is 0 Å². The molecule has 0 spiro atoms. The normalized spacial score (nSPS) is 19.2. The van der Waals surface area contributed by atoms with Gasteiger partial charge in [-0.2, -0.15) is 0 Å². The Bertz CT molecular complexity index is 427. The molecule has 0 aromatic heterocycles. The largest absolute Gasteiger partial charge is 0.381 e. The van der Waals surface area contributed by atoms with Gasteiger partial charge in [-0.15, -0.1) is 0 Å². The van der Waals surface area contributed by atoms with Crippen LogP contribution in [0.25, 0.3) is 0 Å². The molecule has 1 aliphatic heterocycles. The van der Waals surface area contributed by atoms with Crippen molar-refractivity contribution in [2.75, 3.05) is 33.4 Å². The van der Waals surface area contributed by atoms with E-state index in [-0.39, 0.29) is 5.78 Å². The molecule has 0 radical (unpaired) electrons. The van der Waals surface area contributed by atoms with E-state index in [1.807, 2.05) is 24.3 Å². The minimum atomic E-state index is 0.212. The van der Waals surface area contributed by atoms with Crippen molar-refractivity contribution in [3.8, 4) is 0 Å². The Kier molecular flexibility index (Phi) is 6.20. The molecule has 1 aromatic rings. The lowest BCUT2D eigenvalue weighted by Crippen LogP contribution is -2.32. The van der Waals surface area contributed by atoms with Crippen LogP contribution in [0.4, 0.5) is 0 Å². The van der Waals surface area contributed by atoms with Crippen molar-refractivity contribution in [3.05, 3.63) is 34.3 Å². The molecule has 1 atom stereocenters. The van der Waals surface area contributed by atoms with Gasteiger partial charge in [-0.05, 0) is 37.9 Å². The molecule has 1 unspecified atom stereocenters. The highest BCUT2D eigenvalue weighted by Crippen LogP contribution is 2.15. The van der Waals surface area contributed by atoms with E-state index in [2.05, 4.69) is 27.9 Å². The van der Waals surface area contributed by atoms with Crippen molar-refractivity contribution in [1.29, 1.82) is 0 Å². The van der Waals surface area contributed by atoms with Crippen molar-refractivity contribution in [1.82, 2.24) is 4.90 Å². The quantitative estimate of drug-likeness (QED) is 0.744. The van der Waals surface area contributed by atoms with Crippen LogP contribution in [0.15, 0.2) is 28.7 Å². The van der Waals surface area contributed by atoms with Gasteiger partial charge in [-0.25, -0.2) is 0 Å². The van der Waals surface area contributed by atoms with Crippen molar-refractivity contribution in [2.24, 2.45) is 5.92 Å². The summed E-state index contributed by atoms with van der Waals surface area (Å²) in [6.07, 6.45) is 2.98. The van der Waals surface area contributed by atoms with Crippen LogP contribution in [-0.4, -0.2) is 44.0 Å². The molecule has 110 valence electrons. The molecule has 0 N–H and O–H groups in total. The van der Waals surface area contributed by atoms with Gasteiger partial charge in [0.2, 0.25) is 0 Å². The van der Waals surface area contributed by atoms with Crippen LogP contribution in [-0.2, 0) is 4.74 Å². The molecule has 1 fully saturated rings. The van der Waals surface area contributed by atoms with Crippen molar-refractivity contribution in [2.45, 2.75) is 19.3 Å². The summed E-state index contributed by atoms with van der Waals surface area (Å²) in [7, 11) is 2.09. The van der Waals surface area contributed by atoms with E-state index in [0.29, 0.717) is 12.3 Å². The highest BCUT2D eigenvalue weighted by atomic mass is 79.9. The van der Waals surface area contributed by atoms with Crippen LogP contribution in [0.1, 0.15) is 29.6 Å². The summed E-state index contributed by atoms with van der Waals surface area (Å²) in [5.41, 5.74) is 0.794. The third-order valence-corrected chi connectivity index (χ3v) is 4.24. The van der Waals surface area contributed by atoms with Gasteiger partial charge >= 0.3 is 0 Å². The molecular formula is C16H22BrNO2. The standard InChI is InChI=1S/C16H22BrNO2/c1-18(11-13-3-2-10-20-12-13)9-8-16(19)14-4-6-15(17)7-5-14/h4-7,13H,2-3,8-12H2,1H3. The van der Waals surface area contributed by atoms with E-state index in [0.717, 1.165) is 42.8 Å². The summed E-state index contributed by atoms with van der Waals surface area (Å²) in [5.74, 6) is 0.834. The van der Waals surface area contributed by atoms with E-state index in [1.165, 1.54) is 6.42 Å². The summed E-state index contributed by atoms with van der Waals surface area (Å²) < 4.78 is 6.49. The maximum atomic E-state index is 12.1. The highest BCUT2D eigenvalue weighted by molar-refractivity contribution is 9.10. The molecule has 2 rings (SSSR count). The Labute approximate surface area is 129 Å². The van der Waals surface area contributed by atoms with E-state index in [1.54, 1.807) is 0 Å². The van der Waals surface area contributed by atoms with E-state index in [4.69, 9.17) is 4.74 Å². The lowest BCUT2D eigenvalue weighted by Gasteiger charge is -2.26. The molecule has 1 aromatic carbocycles. The molecule has 1 heterocycles. The fraction of sp³-hybridized carbons (Fsp3) is 0.562. The lowest BCUT2D eigenvalue weighted by atomic mass is 10.0. The van der Waals surface area contributed by atoms with Crippen molar-refractivity contribution >= 4 is 21.7 Å². The van der Waals surface area contributed by atoms with Crippen LogP contribution in [0.5, 0.6) is 0 Å². The topological polar surface area (TPSA) is 29.5 Å². The highest BCUT2D eigenvalue weighted by Gasteiger charge is 2.16. The van der Waals surface area contributed by atoms with Crippen LogP contribution in [0.3, 0.4) is 0 Å².